The highest BCUT2D eigenvalue weighted by Crippen LogP contribution is 2.37. The predicted octanol–water partition coefficient (Wildman–Crippen LogP) is 5.22. The van der Waals surface area contributed by atoms with Crippen molar-refractivity contribution in [2.45, 2.75) is 51.9 Å². The Labute approximate surface area is 172 Å². The smallest absolute Gasteiger partial charge is 0.210 e. The van der Waals surface area contributed by atoms with Crippen molar-refractivity contribution >= 4 is 5.78 Å². The summed E-state index contributed by atoms with van der Waals surface area (Å²) in [6, 6.07) is 14.3. The first-order chi connectivity index (χ1) is 13.8. The summed E-state index contributed by atoms with van der Waals surface area (Å²) in [6.07, 6.45) is 5.05. The highest BCUT2D eigenvalue weighted by molar-refractivity contribution is 6.00. The first kappa shape index (κ1) is 21.0. The maximum absolute atomic E-state index is 12.6. The number of fused-ring (bicyclic) bond motifs is 1. The van der Waals surface area contributed by atoms with E-state index in [1.54, 1.807) is 18.2 Å². The van der Waals surface area contributed by atoms with Crippen LogP contribution in [0.5, 0.6) is 5.75 Å². The minimum Gasteiger partial charge on any atom is -0.484 e. The van der Waals surface area contributed by atoms with E-state index in [1.807, 2.05) is 51.1 Å². The molecule has 0 aliphatic carbocycles. The third-order valence-corrected chi connectivity index (χ3v) is 5.06. The van der Waals surface area contributed by atoms with Crippen LogP contribution in [0.15, 0.2) is 71.8 Å². The van der Waals surface area contributed by atoms with Gasteiger partial charge in [-0.1, -0.05) is 53.6 Å². The summed E-state index contributed by atoms with van der Waals surface area (Å²) in [6.45, 7) is 5.96. The third kappa shape index (κ3) is 5.22. The quantitative estimate of drug-likeness (QED) is 0.522. The Kier molecular flexibility index (Phi) is 6.36. The molecule has 2 aromatic rings. The second-order valence-electron chi connectivity index (χ2n) is 7.89. The van der Waals surface area contributed by atoms with Gasteiger partial charge in [-0.3, -0.25) is 4.79 Å². The Bertz CT molecular complexity index is 935. The monoisotopic (exact) mass is 392 g/mol. The number of aliphatic hydroxyl groups is 2. The molecule has 2 N–H and O–H groups in total. The van der Waals surface area contributed by atoms with Gasteiger partial charge >= 0.3 is 0 Å². The zero-order valence-electron chi connectivity index (χ0n) is 17.2. The fourth-order valence-electron chi connectivity index (χ4n) is 3.49. The molecule has 0 fully saturated rings. The molecule has 0 aromatic heterocycles. The van der Waals surface area contributed by atoms with Crippen LogP contribution in [0, 0.1) is 0 Å². The fourth-order valence-corrected chi connectivity index (χ4v) is 3.49. The predicted molar refractivity (Wildman–Crippen MR) is 114 cm³/mol. The van der Waals surface area contributed by atoms with Crippen LogP contribution in [0.2, 0.25) is 0 Å². The van der Waals surface area contributed by atoms with Gasteiger partial charge in [-0.05, 0) is 57.4 Å². The molecule has 0 unspecified atom stereocenters. The number of carbonyl (C=O) groups is 1. The molecular weight excluding hydrogens is 364 g/mol. The number of rotatable bonds is 6. The van der Waals surface area contributed by atoms with E-state index in [0.29, 0.717) is 11.3 Å². The van der Waals surface area contributed by atoms with Crippen LogP contribution in [0.4, 0.5) is 0 Å². The van der Waals surface area contributed by atoms with E-state index < -0.39 is 5.79 Å². The Hall–Kier alpha value is -2.69. The summed E-state index contributed by atoms with van der Waals surface area (Å²) in [5, 5.41) is 21.3. The lowest BCUT2D eigenvalue weighted by Gasteiger charge is -2.27. The van der Waals surface area contributed by atoms with Gasteiger partial charge in [0.25, 0.3) is 0 Å². The zero-order chi connectivity index (χ0) is 21.0. The highest BCUT2D eigenvalue weighted by Gasteiger charge is 2.31. The van der Waals surface area contributed by atoms with Crippen molar-refractivity contribution in [3.05, 3.63) is 88.5 Å². The SMILES string of the molecule is CC(C)=CCC/C(C)=C/C(O)(O)c1ccc2c(c1)O[C@@H](c1ccccc1)CC2=O. The van der Waals surface area contributed by atoms with Crippen molar-refractivity contribution < 1.29 is 19.7 Å². The van der Waals surface area contributed by atoms with Gasteiger partial charge in [-0.25, -0.2) is 0 Å². The summed E-state index contributed by atoms with van der Waals surface area (Å²) in [4.78, 5) is 12.6. The third-order valence-electron chi connectivity index (χ3n) is 5.06. The number of ether oxygens (including phenoxy) is 1. The number of carbonyl (C=O) groups excluding carboxylic acids is 1. The van der Waals surface area contributed by atoms with Crippen LogP contribution in [0.25, 0.3) is 0 Å². The molecule has 4 heteroatoms. The minimum atomic E-state index is -2.13. The summed E-state index contributed by atoms with van der Waals surface area (Å²) >= 11 is 0. The van der Waals surface area contributed by atoms with Gasteiger partial charge in [0.1, 0.15) is 11.9 Å². The van der Waals surface area contributed by atoms with Gasteiger partial charge in [0.15, 0.2) is 5.78 Å². The van der Waals surface area contributed by atoms with Crippen LogP contribution >= 0.6 is 0 Å². The standard InChI is InChI=1S/C25H28O4/c1-17(2)8-7-9-18(3)16-25(27,28)20-12-13-21-22(26)15-23(29-24(21)14-20)19-10-5-4-6-11-19/h4-6,8,10-14,16,23,27-28H,7,9,15H2,1-3H3/b18-16+/t23-/m1/s1. The normalized spacial score (nSPS) is 16.8. The van der Waals surface area contributed by atoms with Crippen molar-refractivity contribution in [3.63, 3.8) is 0 Å². The van der Waals surface area contributed by atoms with Crippen LogP contribution < -0.4 is 4.74 Å². The van der Waals surface area contributed by atoms with Gasteiger partial charge in [0.05, 0.1) is 12.0 Å². The van der Waals surface area contributed by atoms with Crippen molar-refractivity contribution in [1.29, 1.82) is 0 Å². The molecule has 1 heterocycles. The highest BCUT2D eigenvalue weighted by atomic mass is 16.5. The molecular formula is C25H28O4. The van der Waals surface area contributed by atoms with Crippen molar-refractivity contribution in [1.82, 2.24) is 0 Å². The van der Waals surface area contributed by atoms with Gasteiger partial charge in [-0.15, -0.1) is 0 Å². The van der Waals surface area contributed by atoms with E-state index in [2.05, 4.69) is 6.08 Å². The number of ketones is 1. The Morgan fingerprint density at radius 2 is 1.86 bits per heavy atom. The van der Waals surface area contributed by atoms with Crippen LogP contribution in [0.3, 0.4) is 0 Å². The minimum absolute atomic E-state index is 0.0124. The maximum atomic E-state index is 12.6. The summed E-state index contributed by atoms with van der Waals surface area (Å²) in [5.74, 6) is -1.76. The Balaban J connectivity index is 1.83. The molecule has 0 saturated heterocycles. The summed E-state index contributed by atoms with van der Waals surface area (Å²) < 4.78 is 6.05. The van der Waals surface area contributed by atoms with E-state index in [0.717, 1.165) is 24.0 Å². The molecule has 1 atom stereocenters. The molecule has 0 bridgehead atoms. The fraction of sp³-hybridized carbons (Fsp3) is 0.320. The van der Waals surface area contributed by atoms with Crippen molar-refractivity contribution in [2.75, 3.05) is 0 Å². The lowest BCUT2D eigenvalue weighted by molar-refractivity contribution is -0.126. The van der Waals surface area contributed by atoms with E-state index in [1.165, 1.54) is 11.6 Å². The van der Waals surface area contributed by atoms with Gasteiger partial charge in [0, 0.05) is 5.56 Å². The van der Waals surface area contributed by atoms with Gasteiger partial charge < -0.3 is 14.9 Å². The number of Topliss-reactive ketones (excluding diaryl/α,β-unsaturated/α-hetero) is 1. The Morgan fingerprint density at radius 3 is 2.55 bits per heavy atom. The molecule has 4 nitrogen and oxygen atoms in total. The average Bonchev–Trinajstić information content (AvgIpc) is 2.67. The maximum Gasteiger partial charge on any atom is 0.210 e. The lowest BCUT2D eigenvalue weighted by atomic mass is 9.93. The average molecular weight is 392 g/mol. The van der Waals surface area contributed by atoms with Crippen molar-refractivity contribution in [2.24, 2.45) is 0 Å². The summed E-state index contributed by atoms with van der Waals surface area (Å²) in [7, 11) is 0. The van der Waals surface area contributed by atoms with Crippen LogP contribution in [-0.4, -0.2) is 16.0 Å². The second-order valence-corrected chi connectivity index (χ2v) is 7.89. The second kappa shape index (κ2) is 8.76. The molecule has 3 rings (SSSR count). The first-order valence-electron chi connectivity index (χ1n) is 9.92. The van der Waals surface area contributed by atoms with E-state index >= 15 is 0 Å². The molecule has 152 valence electrons. The van der Waals surface area contributed by atoms with Gasteiger partial charge in [0.2, 0.25) is 5.79 Å². The molecule has 29 heavy (non-hydrogen) atoms. The number of hydrogen-bond acceptors (Lipinski definition) is 4. The molecule has 0 spiro atoms. The molecule has 0 amide bonds. The number of benzene rings is 2. The van der Waals surface area contributed by atoms with Crippen molar-refractivity contribution in [3.8, 4) is 5.75 Å². The van der Waals surface area contributed by atoms with E-state index in [4.69, 9.17) is 4.74 Å². The lowest BCUT2D eigenvalue weighted by Crippen LogP contribution is -2.25. The Morgan fingerprint density at radius 1 is 1.14 bits per heavy atom. The molecule has 2 aromatic carbocycles. The van der Waals surface area contributed by atoms with Crippen LogP contribution in [0.1, 0.15) is 67.6 Å². The van der Waals surface area contributed by atoms with Crippen LogP contribution in [-0.2, 0) is 5.79 Å². The molecule has 1 aliphatic rings. The van der Waals surface area contributed by atoms with E-state index in [9.17, 15) is 15.0 Å². The molecule has 0 radical (unpaired) electrons. The molecule has 1 aliphatic heterocycles. The first-order valence-corrected chi connectivity index (χ1v) is 9.92. The number of allylic oxidation sites excluding steroid dienone is 3. The van der Waals surface area contributed by atoms with Gasteiger partial charge in [-0.2, -0.15) is 0 Å². The van der Waals surface area contributed by atoms with E-state index in [-0.39, 0.29) is 23.9 Å². The zero-order valence-corrected chi connectivity index (χ0v) is 17.2. The summed E-state index contributed by atoms with van der Waals surface area (Å²) in [5.41, 5.74) is 3.79. The topological polar surface area (TPSA) is 66.8 Å². The largest absolute Gasteiger partial charge is 0.484 e. The molecule has 0 saturated carbocycles. The number of hydrogen-bond donors (Lipinski definition) is 2.